The molecule has 27 heteroatoms. The van der Waals surface area contributed by atoms with Crippen molar-refractivity contribution in [2.45, 2.75) is 51.9 Å². The SMILES string of the molecule is C=C(C)C(=O)OCCC[Si]1(C)O[SiH](c2ccccc2)O[Si]2(c3ccccc3)O[Si]3(c4ccccc4)O[SiH](c4ccccc4)O[Si]4(c5ccccc5)O[Si](c5ccccc5)(O1)O[Si](c1ccccc1)(O2)O[Si](c1ccccc1)(O[Si](C)(CCCOC(=O)C(=C)C)O3)O4. The summed E-state index contributed by atoms with van der Waals surface area (Å²) in [6.45, 7) is 14.8. The third kappa shape index (κ3) is 14.1. The second-order valence-electron chi connectivity index (χ2n) is 22.7. The maximum absolute atomic E-state index is 13.2. The van der Waals surface area contributed by atoms with E-state index < -0.39 is 100 Å². The lowest BCUT2D eigenvalue weighted by Gasteiger charge is -2.57. The standard InChI is InChI=1S/C64H70O17Si10/c1-53(2)63(65)67-49-31-51-84(5)69-82(55-33-15-7-16-34-55)70-87(58-39-21-10-22-40-58)76-86(57-37-19-9-20-38-57)71-83(56-35-17-8-18-36-56)72-88(59-41-23-11-24-42-59)77-89(73-84,60-43-25-12-26-44-60)80-91(79-87,62-47-29-14-30-48-62)81-90(78-88,61-45-27-13-28-46-61)75-85(6,74-86)52-32-50-68-64(66)54(3)4/h7-30,33-48,82-83H,1,3,31-32,49-52H2,2,4-6H3. The fourth-order valence-corrected chi connectivity index (χ4v) is 63.1. The second kappa shape index (κ2) is 27.4. The molecule has 0 N–H and O–H groups in total. The van der Waals surface area contributed by atoms with Crippen LogP contribution in [0.15, 0.2) is 267 Å². The fraction of sp³-hybridized carbons (Fsp3) is 0.156. The molecule has 0 spiro atoms. The highest BCUT2D eigenvalue weighted by Gasteiger charge is 2.78. The Morgan fingerprint density at radius 2 is 0.560 bits per heavy atom. The fourth-order valence-electron chi connectivity index (χ4n) is 11.1. The second-order valence-corrected chi connectivity index (χ2v) is 52.2. The molecular formula is C64H70O17Si10. The van der Waals surface area contributed by atoms with Gasteiger partial charge in [0.1, 0.15) is 0 Å². The van der Waals surface area contributed by atoms with Gasteiger partial charge in [-0.2, -0.15) is 0 Å². The molecule has 4 fully saturated rings. The van der Waals surface area contributed by atoms with Gasteiger partial charge < -0.3 is 63.0 Å². The molecule has 8 aromatic carbocycles. The molecule has 0 aliphatic carbocycles. The number of rotatable bonds is 18. The lowest BCUT2D eigenvalue weighted by molar-refractivity contribution is -0.139. The zero-order chi connectivity index (χ0) is 63.2. The normalized spacial score (nSPS) is 29.8. The molecule has 0 saturated carbocycles. The van der Waals surface area contributed by atoms with Gasteiger partial charge in [-0.1, -0.05) is 256 Å². The largest absolute Gasteiger partial charge is 0.515 e. The summed E-state index contributed by atoms with van der Waals surface area (Å²) in [5.41, 5.74) is 0.518. The van der Waals surface area contributed by atoms with E-state index in [0.29, 0.717) is 36.3 Å². The maximum Gasteiger partial charge on any atom is 0.515 e. The van der Waals surface area contributed by atoms with Crippen LogP contribution in [0.5, 0.6) is 0 Å². The molecule has 91 heavy (non-hydrogen) atoms. The summed E-state index contributed by atoms with van der Waals surface area (Å²) in [7, 11) is -46.4. The van der Waals surface area contributed by atoms with Gasteiger partial charge in [0.15, 0.2) is 0 Å². The molecule has 0 radical (unpaired) electrons. The Morgan fingerprint density at radius 3 is 0.890 bits per heavy atom. The predicted molar refractivity (Wildman–Crippen MR) is 365 cm³/mol. The van der Waals surface area contributed by atoms with Crippen LogP contribution in [0.25, 0.3) is 0 Å². The summed E-state index contributed by atoms with van der Waals surface area (Å²) >= 11 is 0. The van der Waals surface area contributed by atoms with Gasteiger partial charge in [-0.3, -0.25) is 0 Å². The summed E-state index contributed by atoms with van der Waals surface area (Å²) in [6, 6.07) is 77.2. The van der Waals surface area contributed by atoms with Gasteiger partial charge in [-0.25, -0.2) is 9.59 Å². The van der Waals surface area contributed by atoms with Crippen LogP contribution >= 0.6 is 0 Å². The van der Waals surface area contributed by atoms with Crippen molar-refractivity contribution in [3.63, 3.8) is 0 Å². The minimum atomic E-state index is -5.25. The van der Waals surface area contributed by atoms with Crippen molar-refractivity contribution in [1.29, 1.82) is 0 Å². The Hall–Kier alpha value is -6.17. The van der Waals surface area contributed by atoms with Crippen LogP contribution in [0.3, 0.4) is 0 Å². The van der Waals surface area contributed by atoms with Crippen molar-refractivity contribution >= 4 is 142 Å². The average Bonchev–Trinajstić information content (AvgIpc) is 0.696. The molecule has 10 unspecified atom stereocenters. The van der Waals surface area contributed by atoms with E-state index in [1.807, 2.05) is 256 Å². The third-order valence-corrected chi connectivity index (χ3v) is 56.5. The topological polar surface area (TPSA) is 173 Å². The number of hydrogen-bond acceptors (Lipinski definition) is 17. The zero-order valence-electron chi connectivity index (χ0n) is 50.8. The molecular weight excluding hydrogens is 1320 g/mol. The maximum atomic E-state index is 13.2. The van der Waals surface area contributed by atoms with E-state index in [1.54, 1.807) is 13.8 Å². The van der Waals surface area contributed by atoms with E-state index in [9.17, 15) is 9.59 Å². The number of carbonyl (C=O) groups is 2. The molecule has 12 rings (SSSR count). The summed E-state index contributed by atoms with van der Waals surface area (Å²) in [5, 5.41) is 4.36. The Morgan fingerprint density at radius 1 is 0.330 bits per heavy atom. The lowest BCUT2D eigenvalue weighted by Crippen LogP contribution is -2.89. The van der Waals surface area contributed by atoms with Crippen LogP contribution in [0.1, 0.15) is 26.7 Å². The molecule has 4 aliphatic rings. The van der Waals surface area contributed by atoms with Gasteiger partial charge in [0, 0.05) is 42.3 Å². The molecule has 0 amide bonds. The molecule has 17 nitrogen and oxygen atoms in total. The first-order valence-corrected chi connectivity index (χ1v) is 48.5. The summed E-state index contributed by atoms with van der Waals surface area (Å²) in [6.07, 6.45) is 0.518. The lowest BCUT2D eigenvalue weighted by atomic mass is 10.4. The van der Waals surface area contributed by atoms with Crippen molar-refractivity contribution in [1.82, 2.24) is 0 Å². The van der Waals surface area contributed by atoms with Crippen LogP contribution in [-0.4, -0.2) is 114 Å². The molecule has 4 aliphatic heterocycles. The number of fused-ring (bicyclic) bond motifs is 6. The van der Waals surface area contributed by atoms with Crippen LogP contribution in [-0.2, 0) is 72.6 Å². The molecule has 0 aromatic heterocycles. The van der Waals surface area contributed by atoms with Crippen molar-refractivity contribution in [2.75, 3.05) is 13.2 Å². The summed E-state index contributed by atoms with van der Waals surface area (Å²) in [5.74, 6) is -1.07. The summed E-state index contributed by atoms with van der Waals surface area (Å²) in [4.78, 5) is 26.3. The smallest absolute Gasteiger partial charge is 0.462 e. The van der Waals surface area contributed by atoms with Crippen LogP contribution < -0.4 is 41.5 Å². The van der Waals surface area contributed by atoms with E-state index in [-0.39, 0.29) is 49.3 Å². The number of ether oxygens (including phenoxy) is 2. The highest BCUT2D eigenvalue weighted by atomic mass is 28.6. The summed E-state index contributed by atoms with van der Waals surface area (Å²) < 4.78 is 120. The first-order chi connectivity index (χ1) is 44.0. The predicted octanol–water partition coefficient (Wildman–Crippen LogP) is 5.75. The Labute approximate surface area is 543 Å². The number of carbonyl (C=O) groups excluding carboxylic acids is 2. The highest BCUT2D eigenvalue weighted by Crippen LogP contribution is 2.44. The van der Waals surface area contributed by atoms with Crippen molar-refractivity contribution in [3.05, 3.63) is 267 Å². The van der Waals surface area contributed by atoms with E-state index in [4.69, 9.17) is 63.0 Å². The number of hydrogen-bond donors (Lipinski definition) is 0. The van der Waals surface area contributed by atoms with E-state index in [2.05, 4.69) is 13.2 Å². The quantitative estimate of drug-likeness (QED) is 0.0440. The van der Waals surface area contributed by atoms with Gasteiger partial charge in [-0.15, -0.1) is 0 Å². The average molecular weight is 1390 g/mol. The Bertz CT molecular complexity index is 3780. The van der Waals surface area contributed by atoms with Crippen molar-refractivity contribution in [3.8, 4) is 0 Å². The van der Waals surface area contributed by atoms with Gasteiger partial charge in [0.2, 0.25) is 0 Å². The zero-order valence-corrected chi connectivity index (χ0v) is 61.2. The van der Waals surface area contributed by atoms with E-state index in [0.717, 1.165) is 5.19 Å². The third-order valence-electron chi connectivity index (χ3n) is 15.4. The number of benzene rings is 8. The molecule has 8 aromatic rings. The van der Waals surface area contributed by atoms with Crippen molar-refractivity contribution in [2.24, 2.45) is 0 Å². The van der Waals surface area contributed by atoms with Gasteiger partial charge in [0.05, 0.1) is 13.2 Å². The van der Waals surface area contributed by atoms with Gasteiger partial charge in [0.25, 0.3) is 0 Å². The van der Waals surface area contributed by atoms with Gasteiger partial charge in [-0.05, 0) is 62.2 Å². The van der Waals surface area contributed by atoms with E-state index >= 15 is 0 Å². The molecule has 468 valence electrons. The molecule has 4 saturated heterocycles. The molecule has 6 bridgehead atoms. The van der Waals surface area contributed by atoms with Crippen molar-refractivity contribution < 1.29 is 72.6 Å². The van der Waals surface area contributed by atoms with Crippen LogP contribution in [0.2, 0.25) is 25.2 Å². The minimum absolute atomic E-state index is 0.00242. The Balaban J connectivity index is 1.28. The van der Waals surface area contributed by atoms with Gasteiger partial charge >= 0.3 is 100 Å². The first-order valence-electron chi connectivity index (χ1n) is 30.1. The molecule has 10 atom stereocenters. The van der Waals surface area contributed by atoms with Crippen LogP contribution in [0.4, 0.5) is 0 Å². The van der Waals surface area contributed by atoms with Crippen LogP contribution in [0, 0.1) is 0 Å². The van der Waals surface area contributed by atoms with E-state index in [1.165, 1.54) is 0 Å². The first kappa shape index (κ1) is 64.9. The Kier molecular flexibility index (Phi) is 19.6. The highest BCUT2D eigenvalue weighted by molar-refractivity contribution is 7.09. The monoisotopic (exact) mass is 1390 g/mol. The molecule has 4 heterocycles. The minimum Gasteiger partial charge on any atom is -0.462 e. The number of esters is 2.